The molecule has 33 heavy (non-hydrogen) atoms. The normalized spacial score (nSPS) is 22.5. The van der Waals surface area contributed by atoms with E-state index in [1.54, 1.807) is 0 Å². The van der Waals surface area contributed by atoms with E-state index in [1.165, 1.54) is 76.6 Å². The molecule has 174 valence electrons. The minimum Gasteiger partial charge on any atom is -0.0654 e. The van der Waals surface area contributed by atoms with E-state index in [-0.39, 0.29) is 10.8 Å². The van der Waals surface area contributed by atoms with Crippen molar-refractivity contribution >= 4 is 0 Å². The molecule has 0 bridgehead atoms. The molecule has 0 saturated carbocycles. The maximum absolute atomic E-state index is 2.57. The summed E-state index contributed by atoms with van der Waals surface area (Å²) >= 11 is 0. The fourth-order valence-corrected chi connectivity index (χ4v) is 6.42. The second-order valence-corrected chi connectivity index (χ2v) is 11.0. The van der Waals surface area contributed by atoms with Gasteiger partial charge in [-0.15, -0.1) is 0 Å². The van der Waals surface area contributed by atoms with Gasteiger partial charge < -0.3 is 0 Å². The lowest BCUT2D eigenvalue weighted by Gasteiger charge is -2.54. The lowest BCUT2D eigenvalue weighted by Crippen LogP contribution is -2.50. The van der Waals surface area contributed by atoms with Crippen LogP contribution in [-0.2, 0) is 10.8 Å². The maximum Gasteiger partial charge on any atom is 0.0275 e. The number of aryl methyl sites for hydroxylation is 3. The molecule has 0 amide bonds. The summed E-state index contributed by atoms with van der Waals surface area (Å²) in [6.07, 6.45) is 6.40. The van der Waals surface area contributed by atoms with Gasteiger partial charge in [0, 0.05) is 10.8 Å². The fraction of sp³-hybridized carbons (Fsp3) is 0.455. The van der Waals surface area contributed by atoms with Crippen LogP contribution in [0.3, 0.4) is 0 Å². The Morgan fingerprint density at radius 3 is 1.82 bits per heavy atom. The Balaban J connectivity index is 2.04. The van der Waals surface area contributed by atoms with E-state index < -0.39 is 0 Å². The van der Waals surface area contributed by atoms with Gasteiger partial charge in [0.05, 0.1) is 0 Å². The van der Waals surface area contributed by atoms with Crippen molar-refractivity contribution in [2.45, 2.75) is 91.4 Å². The molecule has 3 aromatic carbocycles. The van der Waals surface area contributed by atoms with Crippen LogP contribution in [0.25, 0.3) is 11.1 Å². The molecule has 0 aromatic heterocycles. The molecule has 0 radical (unpaired) electrons. The molecule has 0 heteroatoms. The van der Waals surface area contributed by atoms with Crippen LogP contribution in [0.4, 0.5) is 0 Å². The van der Waals surface area contributed by atoms with Gasteiger partial charge in [-0.05, 0) is 60.9 Å². The van der Waals surface area contributed by atoms with Crippen molar-refractivity contribution in [3.8, 4) is 11.1 Å². The molecule has 3 unspecified atom stereocenters. The third kappa shape index (κ3) is 3.96. The second kappa shape index (κ2) is 9.13. The van der Waals surface area contributed by atoms with Crippen molar-refractivity contribution in [3.05, 3.63) is 94.0 Å². The average molecular weight is 439 g/mol. The van der Waals surface area contributed by atoms with Gasteiger partial charge >= 0.3 is 0 Å². The summed E-state index contributed by atoms with van der Waals surface area (Å²) in [6, 6.07) is 23.7. The molecule has 1 aliphatic rings. The summed E-state index contributed by atoms with van der Waals surface area (Å²) in [5.41, 5.74) is 11.3. The van der Waals surface area contributed by atoms with Gasteiger partial charge in [-0.25, -0.2) is 0 Å². The Bertz CT molecular complexity index is 1120. The van der Waals surface area contributed by atoms with Crippen molar-refractivity contribution in [2.75, 3.05) is 0 Å². The molecule has 1 aliphatic carbocycles. The highest BCUT2D eigenvalue weighted by Gasteiger charge is 2.53. The highest BCUT2D eigenvalue weighted by atomic mass is 14.6. The van der Waals surface area contributed by atoms with Crippen molar-refractivity contribution < 1.29 is 0 Å². The summed E-state index contributed by atoms with van der Waals surface area (Å²) in [5.74, 6) is 0.736. The quantitative estimate of drug-likeness (QED) is 0.344. The largest absolute Gasteiger partial charge is 0.0654 e. The maximum atomic E-state index is 2.57. The van der Waals surface area contributed by atoms with Gasteiger partial charge in [0.15, 0.2) is 0 Å². The molecule has 3 aromatic rings. The number of rotatable bonds is 7. The lowest BCUT2D eigenvalue weighted by atomic mass is 9.49. The van der Waals surface area contributed by atoms with E-state index in [0.717, 1.165) is 5.92 Å². The third-order valence-corrected chi connectivity index (χ3v) is 8.75. The molecule has 0 heterocycles. The van der Waals surface area contributed by atoms with E-state index >= 15 is 0 Å². The van der Waals surface area contributed by atoms with Gasteiger partial charge in [-0.1, -0.05) is 131 Å². The number of benzene rings is 3. The first-order valence-corrected chi connectivity index (χ1v) is 13.0. The van der Waals surface area contributed by atoms with Crippen LogP contribution >= 0.6 is 0 Å². The van der Waals surface area contributed by atoms with Crippen LogP contribution in [0.5, 0.6) is 0 Å². The zero-order chi connectivity index (χ0) is 23.8. The minimum absolute atomic E-state index is 0.0127. The molecule has 0 nitrogen and oxygen atoms in total. The molecule has 0 saturated heterocycles. The monoisotopic (exact) mass is 438 g/mol. The highest BCUT2D eigenvalue weighted by Crippen LogP contribution is 2.60. The number of unbranched alkanes of at least 4 members (excludes halogenated alkanes) is 1. The summed E-state index contributed by atoms with van der Waals surface area (Å²) in [4.78, 5) is 0. The third-order valence-electron chi connectivity index (χ3n) is 8.75. The summed E-state index contributed by atoms with van der Waals surface area (Å²) in [6.45, 7) is 16.5. The van der Waals surface area contributed by atoms with Gasteiger partial charge in [0.2, 0.25) is 0 Å². The fourth-order valence-electron chi connectivity index (χ4n) is 6.42. The highest BCUT2D eigenvalue weighted by molar-refractivity contribution is 5.80. The van der Waals surface area contributed by atoms with E-state index in [0.29, 0.717) is 0 Å². The predicted molar refractivity (Wildman–Crippen MR) is 144 cm³/mol. The van der Waals surface area contributed by atoms with E-state index in [2.05, 4.69) is 109 Å². The van der Waals surface area contributed by atoms with Crippen LogP contribution in [0.15, 0.2) is 60.7 Å². The van der Waals surface area contributed by atoms with Crippen LogP contribution in [0, 0.1) is 26.7 Å². The Morgan fingerprint density at radius 1 is 0.697 bits per heavy atom. The summed E-state index contributed by atoms with van der Waals surface area (Å²) in [7, 11) is 0. The van der Waals surface area contributed by atoms with Crippen molar-refractivity contribution in [2.24, 2.45) is 5.92 Å². The van der Waals surface area contributed by atoms with Crippen LogP contribution in [0.1, 0.15) is 93.2 Å². The SMILES string of the molecule is CCCCC(CC)CC1(C)c2cc(C)ccc2-c2ccc(C)cc2C1(C)c1ccc(C)cc1. The Labute approximate surface area is 202 Å². The van der Waals surface area contributed by atoms with Gasteiger partial charge in [0.25, 0.3) is 0 Å². The Kier molecular flexibility index (Phi) is 6.59. The molecule has 0 N–H and O–H groups in total. The first kappa shape index (κ1) is 23.8. The second-order valence-electron chi connectivity index (χ2n) is 11.0. The lowest BCUT2D eigenvalue weighted by molar-refractivity contribution is 0.220. The number of fused-ring (bicyclic) bond motifs is 3. The topological polar surface area (TPSA) is 0 Å². The van der Waals surface area contributed by atoms with E-state index in [9.17, 15) is 0 Å². The Morgan fingerprint density at radius 2 is 1.24 bits per heavy atom. The summed E-state index contributed by atoms with van der Waals surface area (Å²) in [5, 5.41) is 0. The number of hydrogen-bond acceptors (Lipinski definition) is 0. The van der Waals surface area contributed by atoms with Gasteiger partial charge in [0.1, 0.15) is 0 Å². The van der Waals surface area contributed by atoms with Gasteiger partial charge in [-0.2, -0.15) is 0 Å². The van der Waals surface area contributed by atoms with Crippen LogP contribution in [-0.4, -0.2) is 0 Å². The smallest absolute Gasteiger partial charge is 0.0275 e. The zero-order valence-corrected chi connectivity index (χ0v) is 21.9. The molecular weight excluding hydrogens is 396 g/mol. The summed E-state index contributed by atoms with van der Waals surface area (Å²) < 4.78 is 0. The molecule has 0 spiro atoms. The van der Waals surface area contributed by atoms with Crippen LogP contribution in [0.2, 0.25) is 0 Å². The minimum atomic E-state index is -0.0948. The zero-order valence-electron chi connectivity index (χ0n) is 21.9. The Hall–Kier alpha value is -2.34. The molecule has 4 rings (SSSR count). The number of hydrogen-bond donors (Lipinski definition) is 0. The average Bonchev–Trinajstić information content (AvgIpc) is 2.81. The first-order valence-electron chi connectivity index (χ1n) is 13.0. The van der Waals surface area contributed by atoms with E-state index in [4.69, 9.17) is 0 Å². The van der Waals surface area contributed by atoms with Crippen molar-refractivity contribution in [3.63, 3.8) is 0 Å². The van der Waals surface area contributed by atoms with Crippen molar-refractivity contribution in [1.82, 2.24) is 0 Å². The van der Waals surface area contributed by atoms with Gasteiger partial charge in [-0.3, -0.25) is 0 Å². The van der Waals surface area contributed by atoms with E-state index in [1.807, 2.05) is 0 Å². The standard InChI is InChI=1S/C33H42/c1-8-10-11-26(9-2)22-32(6)30-20-24(4)14-18-28(30)29-19-15-25(5)21-31(29)33(32,7)27-16-12-23(3)13-17-27/h12-21,26H,8-11,22H2,1-7H3. The van der Waals surface area contributed by atoms with Crippen LogP contribution < -0.4 is 0 Å². The first-order chi connectivity index (χ1) is 15.7. The molecular formula is C33H42. The van der Waals surface area contributed by atoms with Crippen molar-refractivity contribution in [1.29, 1.82) is 0 Å². The molecule has 0 aliphatic heterocycles. The molecule has 3 atom stereocenters. The molecule has 0 fully saturated rings. The predicted octanol–water partition coefficient (Wildman–Crippen LogP) is 9.46.